The monoisotopic (exact) mass is 189 g/mol. The van der Waals surface area contributed by atoms with Crippen molar-refractivity contribution in [2.24, 2.45) is 0 Å². The summed E-state index contributed by atoms with van der Waals surface area (Å²) in [5.41, 5.74) is 0.678. The van der Waals surface area contributed by atoms with Crippen molar-refractivity contribution in [3.63, 3.8) is 0 Å². The van der Waals surface area contributed by atoms with Crippen LogP contribution in [-0.2, 0) is 0 Å². The third kappa shape index (κ3) is 1.35. The normalized spacial score (nSPS) is 10.2. The minimum atomic E-state index is 0.528. The van der Waals surface area contributed by atoms with Crippen molar-refractivity contribution in [3.8, 4) is 5.75 Å². The summed E-state index contributed by atoms with van der Waals surface area (Å²) in [6.45, 7) is 0. The Morgan fingerprint density at radius 1 is 1.31 bits per heavy atom. The topological polar surface area (TPSA) is 22.1 Å². The standard InChI is InChI=1S/C9H5BClNO/c10-13-8-4-3-7(11)6-2-1-5-12-9(6)8/h1-5H. The largest absolute Gasteiger partial charge is 0.566 e. The van der Waals surface area contributed by atoms with Crippen molar-refractivity contribution in [1.29, 1.82) is 0 Å². The fraction of sp³-hybridized carbons (Fsp3) is 0. The number of fused-ring (bicyclic) bond motifs is 1. The van der Waals surface area contributed by atoms with E-state index in [2.05, 4.69) is 9.64 Å². The molecule has 2 nitrogen and oxygen atoms in total. The number of pyridine rings is 1. The fourth-order valence-corrected chi connectivity index (χ4v) is 1.42. The summed E-state index contributed by atoms with van der Waals surface area (Å²) in [6.07, 6.45) is 1.67. The molecule has 0 aliphatic heterocycles. The van der Waals surface area contributed by atoms with E-state index >= 15 is 0 Å². The van der Waals surface area contributed by atoms with Gasteiger partial charge in [0.25, 0.3) is 0 Å². The molecule has 4 heteroatoms. The van der Waals surface area contributed by atoms with Gasteiger partial charge >= 0.3 is 8.05 Å². The van der Waals surface area contributed by atoms with Crippen LogP contribution in [0.15, 0.2) is 30.5 Å². The molecule has 2 rings (SSSR count). The number of halogens is 1. The molecule has 0 saturated carbocycles. The van der Waals surface area contributed by atoms with Crippen molar-refractivity contribution in [1.82, 2.24) is 4.98 Å². The number of rotatable bonds is 1. The van der Waals surface area contributed by atoms with E-state index in [1.807, 2.05) is 12.1 Å². The highest BCUT2D eigenvalue weighted by Gasteiger charge is 2.03. The second kappa shape index (κ2) is 3.26. The van der Waals surface area contributed by atoms with Crippen molar-refractivity contribution < 1.29 is 4.65 Å². The Balaban J connectivity index is 2.84. The molecule has 0 unspecified atom stereocenters. The van der Waals surface area contributed by atoms with E-state index in [4.69, 9.17) is 19.7 Å². The third-order valence-electron chi connectivity index (χ3n) is 1.81. The van der Waals surface area contributed by atoms with Crippen LogP contribution in [0.25, 0.3) is 10.9 Å². The predicted molar refractivity (Wildman–Crippen MR) is 53.1 cm³/mol. The van der Waals surface area contributed by atoms with Crippen LogP contribution in [0.1, 0.15) is 0 Å². The predicted octanol–water partition coefficient (Wildman–Crippen LogP) is 2.35. The Labute approximate surface area is 81.9 Å². The van der Waals surface area contributed by atoms with Gasteiger partial charge in [0.15, 0.2) is 0 Å². The molecule has 13 heavy (non-hydrogen) atoms. The molecule has 0 fully saturated rings. The van der Waals surface area contributed by atoms with Crippen molar-refractivity contribution >= 4 is 30.6 Å². The zero-order valence-electron chi connectivity index (χ0n) is 6.70. The van der Waals surface area contributed by atoms with Gasteiger partial charge in [0.05, 0.1) is 5.02 Å². The molecule has 0 aliphatic carbocycles. The Morgan fingerprint density at radius 3 is 2.92 bits per heavy atom. The summed E-state index contributed by atoms with van der Waals surface area (Å²) in [4.78, 5) is 4.12. The Kier molecular flexibility index (Phi) is 2.11. The lowest BCUT2D eigenvalue weighted by Crippen LogP contribution is -1.88. The lowest BCUT2D eigenvalue weighted by molar-refractivity contribution is 0.622. The van der Waals surface area contributed by atoms with Crippen LogP contribution in [0, 0.1) is 0 Å². The zero-order valence-corrected chi connectivity index (χ0v) is 7.45. The first-order valence-corrected chi connectivity index (χ1v) is 4.10. The quantitative estimate of drug-likeness (QED) is 0.643. The average Bonchev–Trinajstić information content (AvgIpc) is 2.19. The molecular weight excluding hydrogens is 184 g/mol. The highest BCUT2D eigenvalue weighted by Crippen LogP contribution is 2.28. The minimum Gasteiger partial charge on any atom is -0.566 e. The molecule has 62 valence electrons. The second-order valence-corrected chi connectivity index (χ2v) is 2.97. The second-order valence-electron chi connectivity index (χ2n) is 2.56. The summed E-state index contributed by atoms with van der Waals surface area (Å²) < 4.78 is 4.66. The number of nitrogens with zero attached hydrogens (tertiary/aromatic N) is 1. The Bertz CT molecular complexity index is 447. The Morgan fingerprint density at radius 2 is 2.15 bits per heavy atom. The first-order valence-electron chi connectivity index (χ1n) is 3.73. The molecule has 2 aromatic rings. The van der Waals surface area contributed by atoms with E-state index < -0.39 is 0 Å². The molecule has 0 N–H and O–H groups in total. The highest BCUT2D eigenvalue weighted by atomic mass is 35.5. The first-order chi connectivity index (χ1) is 6.33. The van der Waals surface area contributed by atoms with Gasteiger partial charge < -0.3 is 4.65 Å². The third-order valence-corrected chi connectivity index (χ3v) is 2.14. The van der Waals surface area contributed by atoms with Gasteiger partial charge in [0, 0.05) is 11.6 Å². The molecule has 0 spiro atoms. The van der Waals surface area contributed by atoms with Crippen LogP contribution in [0.2, 0.25) is 5.02 Å². The van der Waals surface area contributed by atoms with Gasteiger partial charge in [-0.1, -0.05) is 11.6 Å². The molecule has 1 aromatic heterocycles. The van der Waals surface area contributed by atoms with Gasteiger partial charge in [-0.3, -0.25) is 4.98 Å². The molecule has 0 atom stereocenters. The molecular formula is C9H5BClNO. The number of aromatic nitrogens is 1. The number of hydrogen-bond donors (Lipinski definition) is 0. The van der Waals surface area contributed by atoms with Gasteiger partial charge in [0.2, 0.25) is 0 Å². The smallest absolute Gasteiger partial charge is 0.374 e. The van der Waals surface area contributed by atoms with Crippen LogP contribution < -0.4 is 4.65 Å². The summed E-state index contributed by atoms with van der Waals surface area (Å²) in [6, 6.07) is 7.10. The zero-order chi connectivity index (χ0) is 9.26. The number of hydrogen-bond acceptors (Lipinski definition) is 2. The summed E-state index contributed by atoms with van der Waals surface area (Å²) in [7, 11) is 5.08. The van der Waals surface area contributed by atoms with Crippen molar-refractivity contribution in [2.45, 2.75) is 0 Å². The highest BCUT2D eigenvalue weighted by molar-refractivity contribution is 6.35. The van der Waals surface area contributed by atoms with E-state index in [-0.39, 0.29) is 0 Å². The maximum absolute atomic E-state index is 5.95. The van der Waals surface area contributed by atoms with Crippen LogP contribution >= 0.6 is 11.6 Å². The van der Waals surface area contributed by atoms with Crippen LogP contribution in [0.3, 0.4) is 0 Å². The minimum absolute atomic E-state index is 0.528. The fourth-order valence-electron chi connectivity index (χ4n) is 1.21. The first kappa shape index (κ1) is 8.39. The maximum Gasteiger partial charge on any atom is 0.374 e. The van der Waals surface area contributed by atoms with E-state index in [0.29, 0.717) is 16.3 Å². The average molecular weight is 189 g/mol. The van der Waals surface area contributed by atoms with E-state index in [1.54, 1.807) is 18.3 Å². The van der Waals surface area contributed by atoms with Gasteiger partial charge in [0.1, 0.15) is 11.3 Å². The lowest BCUT2D eigenvalue weighted by atomic mass is 10.2. The molecule has 0 bridgehead atoms. The van der Waals surface area contributed by atoms with Gasteiger partial charge in [-0.25, -0.2) is 0 Å². The lowest BCUT2D eigenvalue weighted by Gasteiger charge is -2.05. The molecule has 0 saturated heterocycles. The van der Waals surface area contributed by atoms with Crippen LogP contribution in [0.5, 0.6) is 5.75 Å². The summed E-state index contributed by atoms with van der Waals surface area (Å²) >= 11 is 5.95. The summed E-state index contributed by atoms with van der Waals surface area (Å²) in [5.74, 6) is 0.528. The molecule has 1 aromatic carbocycles. The van der Waals surface area contributed by atoms with Crippen LogP contribution in [0.4, 0.5) is 0 Å². The number of benzene rings is 1. The van der Waals surface area contributed by atoms with Crippen molar-refractivity contribution in [3.05, 3.63) is 35.5 Å². The molecule has 1 heterocycles. The van der Waals surface area contributed by atoms with Gasteiger partial charge in [-0.2, -0.15) is 0 Å². The van der Waals surface area contributed by atoms with E-state index in [9.17, 15) is 0 Å². The molecule has 0 aliphatic rings. The Hall–Kier alpha value is -1.22. The van der Waals surface area contributed by atoms with Gasteiger partial charge in [-0.15, -0.1) is 0 Å². The van der Waals surface area contributed by atoms with E-state index in [1.165, 1.54) is 0 Å². The van der Waals surface area contributed by atoms with Crippen LogP contribution in [-0.4, -0.2) is 13.0 Å². The molecule has 0 amide bonds. The van der Waals surface area contributed by atoms with Crippen molar-refractivity contribution in [2.75, 3.05) is 0 Å². The maximum atomic E-state index is 5.95. The SMILES string of the molecule is [B]Oc1ccc(Cl)c2cccnc12. The molecule has 2 radical (unpaired) electrons. The summed E-state index contributed by atoms with van der Waals surface area (Å²) in [5, 5.41) is 1.48. The van der Waals surface area contributed by atoms with Gasteiger partial charge in [-0.05, 0) is 24.3 Å². The van der Waals surface area contributed by atoms with E-state index in [0.717, 1.165) is 5.39 Å².